The Kier molecular flexibility index (Phi) is 6.00. The average Bonchev–Trinajstić information content (AvgIpc) is 3.18. The van der Waals surface area contributed by atoms with Crippen molar-refractivity contribution in [2.75, 3.05) is 10.6 Å². The van der Waals surface area contributed by atoms with E-state index in [0.717, 1.165) is 5.82 Å². The van der Waals surface area contributed by atoms with Crippen molar-refractivity contribution in [3.05, 3.63) is 83.4 Å². The van der Waals surface area contributed by atoms with E-state index in [1.54, 1.807) is 43.5 Å². The fourth-order valence-corrected chi connectivity index (χ4v) is 3.10. The van der Waals surface area contributed by atoms with Crippen LogP contribution >= 0.6 is 11.6 Å². The van der Waals surface area contributed by atoms with Crippen molar-refractivity contribution in [3.63, 3.8) is 0 Å². The summed E-state index contributed by atoms with van der Waals surface area (Å²) in [5.74, 6) is 2.37. The molecule has 0 saturated carbocycles. The van der Waals surface area contributed by atoms with Gasteiger partial charge in [0.1, 0.15) is 29.0 Å². The van der Waals surface area contributed by atoms with Gasteiger partial charge in [-0.05, 0) is 56.3 Å². The van der Waals surface area contributed by atoms with Gasteiger partial charge in [0.05, 0.1) is 5.02 Å². The Bertz CT molecular complexity index is 1280. The Morgan fingerprint density at radius 1 is 1.03 bits per heavy atom. The molecule has 2 N–H and O–H groups in total. The molecule has 0 radical (unpaired) electrons. The van der Waals surface area contributed by atoms with Gasteiger partial charge < -0.3 is 15.4 Å². The monoisotopic (exact) mass is 452 g/mol. The molecule has 2 amide bonds. The third kappa shape index (κ3) is 5.01. The van der Waals surface area contributed by atoms with E-state index in [1.165, 1.54) is 18.2 Å². The van der Waals surface area contributed by atoms with Crippen LogP contribution in [0.5, 0.6) is 11.6 Å². The van der Waals surface area contributed by atoms with E-state index in [1.807, 2.05) is 17.7 Å². The number of aromatic nitrogens is 4. The topological polar surface area (TPSA) is 94.0 Å². The number of rotatable bonds is 5. The number of ether oxygens (including phenoxy) is 1. The minimum absolute atomic E-state index is 0.0735. The van der Waals surface area contributed by atoms with Crippen molar-refractivity contribution in [1.29, 1.82) is 0 Å². The number of carbonyl (C=O) groups is 1. The molecule has 4 aromatic rings. The highest BCUT2D eigenvalue weighted by Crippen LogP contribution is 2.24. The van der Waals surface area contributed by atoms with Crippen molar-refractivity contribution in [2.24, 2.45) is 0 Å². The number of hydrogen-bond acceptors (Lipinski definition) is 5. The highest BCUT2D eigenvalue weighted by molar-refractivity contribution is 6.31. The Morgan fingerprint density at radius 2 is 1.75 bits per heavy atom. The van der Waals surface area contributed by atoms with E-state index in [9.17, 15) is 9.18 Å². The zero-order chi connectivity index (χ0) is 22.7. The Morgan fingerprint density at radius 3 is 2.44 bits per heavy atom. The molecule has 2 aromatic carbocycles. The lowest BCUT2D eigenvalue weighted by molar-refractivity contribution is 0.262. The number of nitrogens with zero attached hydrogens (tertiary/aromatic N) is 4. The molecule has 0 aliphatic rings. The van der Waals surface area contributed by atoms with E-state index in [4.69, 9.17) is 16.3 Å². The van der Waals surface area contributed by atoms with Crippen molar-refractivity contribution >= 4 is 29.0 Å². The summed E-state index contributed by atoms with van der Waals surface area (Å²) in [6.07, 6.45) is 3.51. The van der Waals surface area contributed by atoms with Crippen LogP contribution in [0.25, 0.3) is 5.82 Å². The van der Waals surface area contributed by atoms with Crippen LogP contribution < -0.4 is 15.4 Å². The van der Waals surface area contributed by atoms with Gasteiger partial charge >= 0.3 is 6.03 Å². The number of halogens is 2. The van der Waals surface area contributed by atoms with Crippen LogP contribution in [0.2, 0.25) is 5.02 Å². The second-order valence-electron chi connectivity index (χ2n) is 6.79. The molecule has 0 unspecified atom stereocenters. The highest BCUT2D eigenvalue weighted by Gasteiger charge is 2.09. The lowest BCUT2D eigenvalue weighted by Crippen LogP contribution is -2.19. The van der Waals surface area contributed by atoms with Crippen LogP contribution in [-0.4, -0.2) is 25.6 Å². The smallest absolute Gasteiger partial charge is 0.323 e. The number of amides is 2. The summed E-state index contributed by atoms with van der Waals surface area (Å²) in [5, 5.41) is 5.19. The molecule has 2 aromatic heterocycles. The second kappa shape index (κ2) is 9.03. The molecular weight excluding hydrogens is 435 g/mol. The van der Waals surface area contributed by atoms with Crippen molar-refractivity contribution in [2.45, 2.75) is 13.8 Å². The lowest BCUT2D eigenvalue weighted by Gasteiger charge is -2.11. The maximum absolute atomic E-state index is 13.2. The van der Waals surface area contributed by atoms with Crippen LogP contribution in [0.15, 0.2) is 60.9 Å². The summed E-state index contributed by atoms with van der Waals surface area (Å²) >= 11 is 5.72. The van der Waals surface area contributed by atoms with Crippen LogP contribution in [-0.2, 0) is 0 Å². The largest absolute Gasteiger partial charge is 0.439 e. The Balaban J connectivity index is 1.42. The van der Waals surface area contributed by atoms with Gasteiger partial charge in [-0.15, -0.1) is 0 Å². The standard InChI is InChI=1S/C22H18ClFN6O2/c1-13-26-20(30-10-9-25-14(30)2)12-21(27-13)32-17-6-3-15(4-7-17)28-22(31)29-16-5-8-19(24)18(23)11-16/h3-12H,1-2H3,(H2,28,29,31). The van der Waals surface area contributed by atoms with Gasteiger partial charge in [-0.3, -0.25) is 4.57 Å². The number of carbonyl (C=O) groups excluding carboxylic acids is 1. The summed E-state index contributed by atoms with van der Waals surface area (Å²) < 4.78 is 20.9. The molecule has 0 aliphatic heterocycles. The number of benzene rings is 2. The fraction of sp³-hybridized carbons (Fsp3) is 0.0909. The molecular formula is C22H18ClFN6O2. The van der Waals surface area contributed by atoms with E-state index < -0.39 is 11.8 Å². The van der Waals surface area contributed by atoms with E-state index in [-0.39, 0.29) is 5.02 Å². The van der Waals surface area contributed by atoms with Gasteiger partial charge in [-0.25, -0.2) is 19.2 Å². The first-order chi connectivity index (χ1) is 15.4. The van der Waals surface area contributed by atoms with Gasteiger partial charge in [0.15, 0.2) is 0 Å². The van der Waals surface area contributed by atoms with Gasteiger partial charge in [0.2, 0.25) is 5.88 Å². The first-order valence-corrected chi connectivity index (χ1v) is 9.92. The van der Waals surface area contributed by atoms with E-state index in [0.29, 0.717) is 34.6 Å². The molecule has 0 bridgehead atoms. The number of aryl methyl sites for hydroxylation is 2. The number of urea groups is 1. The predicted octanol–water partition coefficient (Wildman–Crippen LogP) is 5.51. The molecule has 0 spiro atoms. The average molecular weight is 453 g/mol. The molecule has 0 saturated heterocycles. The first-order valence-electron chi connectivity index (χ1n) is 9.54. The Hall–Kier alpha value is -3.98. The van der Waals surface area contributed by atoms with Gasteiger partial charge in [-0.1, -0.05) is 11.6 Å². The molecule has 2 heterocycles. The summed E-state index contributed by atoms with van der Waals surface area (Å²) in [4.78, 5) is 25.1. The molecule has 8 nitrogen and oxygen atoms in total. The fourth-order valence-electron chi connectivity index (χ4n) is 2.92. The number of hydrogen-bond donors (Lipinski definition) is 2. The SMILES string of the molecule is Cc1nc(Oc2ccc(NC(=O)Nc3ccc(F)c(Cl)c3)cc2)cc(-n2ccnc2C)n1. The number of imidazole rings is 1. The van der Waals surface area contributed by atoms with Gasteiger partial charge in [0, 0.05) is 29.8 Å². The predicted molar refractivity (Wildman–Crippen MR) is 119 cm³/mol. The minimum atomic E-state index is -0.556. The quantitative estimate of drug-likeness (QED) is 0.416. The zero-order valence-corrected chi connectivity index (χ0v) is 17.9. The van der Waals surface area contributed by atoms with Crippen LogP contribution in [0.4, 0.5) is 20.6 Å². The third-order valence-electron chi connectivity index (χ3n) is 4.39. The maximum Gasteiger partial charge on any atom is 0.323 e. The number of anilines is 2. The van der Waals surface area contributed by atoms with Crippen molar-refractivity contribution in [3.8, 4) is 17.4 Å². The number of nitrogens with one attached hydrogen (secondary N) is 2. The second-order valence-corrected chi connectivity index (χ2v) is 7.20. The first kappa shape index (κ1) is 21.3. The van der Waals surface area contributed by atoms with Crippen LogP contribution in [0.1, 0.15) is 11.6 Å². The summed E-state index contributed by atoms with van der Waals surface area (Å²) in [6, 6.07) is 11.9. The lowest BCUT2D eigenvalue weighted by atomic mass is 10.3. The van der Waals surface area contributed by atoms with E-state index >= 15 is 0 Å². The zero-order valence-electron chi connectivity index (χ0n) is 17.1. The molecule has 0 fully saturated rings. The summed E-state index contributed by atoms with van der Waals surface area (Å²) in [7, 11) is 0. The molecule has 0 aliphatic carbocycles. The van der Waals surface area contributed by atoms with Gasteiger partial charge in [-0.2, -0.15) is 4.98 Å². The molecule has 0 atom stereocenters. The molecule has 162 valence electrons. The normalized spacial score (nSPS) is 10.6. The van der Waals surface area contributed by atoms with Crippen molar-refractivity contribution < 1.29 is 13.9 Å². The molecule has 4 rings (SSSR count). The minimum Gasteiger partial charge on any atom is -0.439 e. The van der Waals surface area contributed by atoms with Crippen LogP contribution in [0.3, 0.4) is 0 Å². The summed E-state index contributed by atoms with van der Waals surface area (Å²) in [6.45, 7) is 3.66. The van der Waals surface area contributed by atoms with Crippen LogP contribution in [0, 0.1) is 19.7 Å². The van der Waals surface area contributed by atoms with Gasteiger partial charge in [0.25, 0.3) is 0 Å². The molecule has 32 heavy (non-hydrogen) atoms. The van der Waals surface area contributed by atoms with E-state index in [2.05, 4.69) is 25.6 Å². The third-order valence-corrected chi connectivity index (χ3v) is 4.68. The summed E-state index contributed by atoms with van der Waals surface area (Å²) in [5.41, 5.74) is 0.911. The Labute approximate surface area is 188 Å². The highest BCUT2D eigenvalue weighted by atomic mass is 35.5. The maximum atomic E-state index is 13.2. The van der Waals surface area contributed by atoms with Crippen molar-refractivity contribution in [1.82, 2.24) is 19.5 Å². The molecule has 10 heteroatoms.